The highest BCUT2D eigenvalue weighted by molar-refractivity contribution is 5.36. The van der Waals surface area contributed by atoms with Gasteiger partial charge < -0.3 is 15.9 Å². The maximum Gasteiger partial charge on any atom is 0.115 e. The molecule has 0 spiro atoms. The van der Waals surface area contributed by atoms with E-state index in [9.17, 15) is 5.11 Å². The fraction of sp³-hybridized carbons (Fsp3) is 0.455. The summed E-state index contributed by atoms with van der Waals surface area (Å²) in [6, 6.07) is 5.04. The Labute approximate surface area is 84.2 Å². The lowest BCUT2D eigenvalue weighted by atomic mass is 9.97. The standard InChI is InChI=1S/C11H17NO2/c1-2-8-7-9(14)3-4-10(8)11(12)5-6-13/h3-4,7,11,13-14H,2,5-6,12H2,1H3. The molecule has 0 bridgehead atoms. The smallest absolute Gasteiger partial charge is 0.115 e. The summed E-state index contributed by atoms with van der Waals surface area (Å²) in [5, 5.41) is 18.1. The molecule has 0 aromatic heterocycles. The van der Waals surface area contributed by atoms with Crippen LogP contribution in [-0.2, 0) is 6.42 Å². The predicted molar refractivity (Wildman–Crippen MR) is 56.1 cm³/mol. The molecule has 0 aliphatic rings. The number of aliphatic hydroxyl groups excluding tert-OH is 1. The zero-order valence-corrected chi connectivity index (χ0v) is 8.40. The molecule has 0 radical (unpaired) electrons. The first-order valence-corrected chi connectivity index (χ1v) is 4.87. The number of aliphatic hydroxyl groups is 1. The summed E-state index contributed by atoms with van der Waals surface area (Å²) in [4.78, 5) is 0. The van der Waals surface area contributed by atoms with Gasteiger partial charge >= 0.3 is 0 Å². The first-order chi connectivity index (χ1) is 6.69. The minimum Gasteiger partial charge on any atom is -0.508 e. The molecule has 1 rings (SSSR count). The van der Waals surface area contributed by atoms with Crippen molar-refractivity contribution in [3.05, 3.63) is 29.3 Å². The third-order valence-electron chi connectivity index (χ3n) is 2.35. The van der Waals surface area contributed by atoms with Gasteiger partial charge in [0.15, 0.2) is 0 Å². The lowest BCUT2D eigenvalue weighted by Gasteiger charge is -2.14. The quantitative estimate of drug-likeness (QED) is 0.679. The molecule has 78 valence electrons. The van der Waals surface area contributed by atoms with Crippen molar-refractivity contribution in [1.82, 2.24) is 0 Å². The summed E-state index contributed by atoms with van der Waals surface area (Å²) in [5.74, 6) is 0.266. The van der Waals surface area contributed by atoms with Crippen LogP contribution in [0.2, 0.25) is 0 Å². The Morgan fingerprint density at radius 3 is 2.71 bits per heavy atom. The lowest BCUT2D eigenvalue weighted by Crippen LogP contribution is -2.13. The van der Waals surface area contributed by atoms with Crippen LogP contribution in [0.25, 0.3) is 0 Å². The van der Waals surface area contributed by atoms with E-state index >= 15 is 0 Å². The van der Waals surface area contributed by atoms with Crippen LogP contribution in [0.3, 0.4) is 0 Å². The largest absolute Gasteiger partial charge is 0.508 e. The van der Waals surface area contributed by atoms with Gasteiger partial charge in [-0.2, -0.15) is 0 Å². The van der Waals surface area contributed by atoms with Crippen LogP contribution < -0.4 is 5.73 Å². The van der Waals surface area contributed by atoms with Gasteiger partial charge in [0.1, 0.15) is 5.75 Å². The second-order valence-corrected chi connectivity index (χ2v) is 3.36. The predicted octanol–water partition coefficient (Wildman–Crippen LogP) is 1.34. The second-order valence-electron chi connectivity index (χ2n) is 3.36. The maximum atomic E-state index is 9.29. The molecule has 0 heterocycles. The third kappa shape index (κ3) is 2.47. The van der Waals surface area contributed by atoms with Gasteiger partial charge in [-0.1, -0.05) is 13.0 Å². The summed E-state index contributed by atoms with van der Waals surface area (Å²) in [6.07, 6.45) is 1.39. The SMILES string of the molecule is CCc1cc(O)ccc1C(N)CCO. The Kier molecular flexibility index (Phi) is 3.92. The fourth-order valence-corrected chi connectivity index (χ4v) is 1.55. The van der Waals surface area contributed by atoms with Gasteiger partial charge in [-0.05, 0) is 36.1 Å². The molecule has 0 fully saturated rings. The molecule has 14 heavy (non-hydrogen) atoms. The van der Waals surface area contributed by atoms with Crippen molar-refractivity contribution >= 4 is 0 Å². The van der Waals surface area contributed by atoms with E-state index in [0.717, 1.165) is 17.5 Å². The second kappa shape index (κ2) is 4.98. The number of aryl methyl sites for hydroxylation is 1. The summed E-state index contributed by atoms with van der Waals surface area (Å²) >= 11 is 0. The topological polar surface area (TPSA) is 66.5 Å². The molecular formula is C11H17NO2. The van der Waals surface area contributed by atoms with Crippen molar-refractivity contribution in [3.63, 3.8) is 0 Å². The molecule has 4 N–H and O–H groups in total. The number of benzene rings is 1. The third-order valence-corrected chi connectivity index (χ3v) is 2.35. The van der Waals surface area contributed by atoms with E-state index in [2.05, 4.69) is 0 Å². The van der Waals surface area contributed by atoms with Gasteiger partial charge in [0, 0.05) is 12.6 Å². The number of aromatic hydroxyl groups is 1. The van der Waals surface area contributed by atoms with Crippen LogP contribution in [0.1, 0.15) is 30.5 Å². The van der Waals surface area contributed by atoms with Crippen molar-refractivity contribution in [2.75, 3.05) is 6.61 Å². The van der Waals surface area contributed by atoms with Gasteiger partial charge in [-0.25, -0.2) is 0 Å². The Hall–Kier alpha value is -1.06. The first-order valence-electron chi connectivity index (χ1n) is 4.87. The van der Waals surface area contributed by atoms with Crippen LogP contribution in [0.15, 0.2) is 18.2 Å². The molecule has 0 saturated carbocycles. The molecule has 0 saturated heterocycles. The number of hydrogen-bond acceptors (Lipinski definition) is 3. The average molecular weight is 195 g/mol. The molecule has 0 amide bonds. The van der Waals surface area contributed by atoms with Crippen molar-refractivity contribution in [2.24, 2.45) is 5.73 Å². The van der Waals surface area contributed by atoms with Crippen LogP contribution in [-0.4, -0.2) is 16.8 Å². The van der Waals surface area contributed by atoms with E-state index in [1.165, 1.54) is 0 Å². The highest BCUT2D eigenvalue weighted by Crippen LogP contribution is 2.23. The fourth-order valence-electron chi connectivity index (χ4n) is 1.55. The van der Waals surface area contributed by atoms with Gasteiger partial charge in [-0.15, -0.1) is 0 Å². The first kappa shape index (κ1) is 11.0. The Balaban J connectivity index is 2.95. The maximum absolute atomic E-state index is 9.29. The van der Waals surface area contributed by atoms with Gasteiger partial charge in [0.05, 0.1) is 0 Å². The Bertz CT molecular complexity index is 299. The molecule has 3 nitrogen and oxygen atoms in total. The molecule has 1 unspecified atom stereocenters. The van der Waals surface area contributed by atoms with Crippen molar-refractivity contribution < 1.29 is 10.2 Å². The van der Waals surface area contributed by atoms with Crippen LogP contribution >= 0.6 is 0 Å². The highest BCUT2D eigenvalue weighted by Gasteiger charge is 2.09. The number of nitrogens with two attached hydrogens (primary N) is 1. The highest BCUT2D eigenvalue weighted by atomic mass is 16.3. The van der Waals surface area contributed by atoms with E-state index < -0.39 is 0 Å². The normalized spacial score (nSPS) is 12.8. The molecule has 1 aromatic carbocycles. The lowest BCUT2D eigenvalue weighted by molar-refractivity contribution is 0.276. The zero-order valence-electron chi connectivity index (χ0n) is 8.40. The van der Waals surface area contributed by atoms with E-state index in [0.29, 0.717) is 6.42 Å². The molecule has 0 aliphatic heterocycles. The van der Waals surface area contributed by atoms with Gasteiger partial charge in [-0.3, -0.25) is 0 Å². The van der Waals surface area contributed by atoms with Crippen LogP contribution in [0.4, 0.5) is 0 Å². The summed E-state index contributed by atoms with van der Waals surface area (Å²) < 4.78 is 0. The van der Waals surface area contributed by atoms with Gasteiger partial charge in [0.2, 0.25) is 0 Å². The minimum absolute atomic E-state index is 0.0885. The van der Waals surface area contributed by atoms with Crippen molar-refractivity contribution in [1.29, 1.82) is 0 Å². The van der Waals surface area contributed by atoms with E-state index in [1.54, 1.807) is 12.1 Å². The van der Waals surface area contributed by atoms with Crippen molar-refractivity contribution in [2.45, 2.75) is 25.8 Å². The number of phenols is 1. The molecule has 3 heteroatoms. The van der Waals surface area contributed by atoms with E-state index in [-0.39, 0.29) is 18.4 Å². The van der Waals surface area contributed by atoms with E-state index in [1.807, 2.05) is 13.0 Å². The average Bonchev–Trinajstić information content (AvgIpc) is 2.17. The Morgan fingerprint density at radius 1 is 1.43 bits per heavy atom. The number of hydrogen-bond donors (Lipinski definition) is 3. The van der Waals surface area contributed by atoms with Crippen LogP contribution in [0.5, 0.6) is 5.75 Å². The van der Waals surface area contributed by atoms with E-state index in [4.69, 9.17) is 10.8 Å². The monoisotopic (exact) mass is 195 g/mol. The van der Waals surface area contributed by atoms with Crippen LogP contribution in [0, 0.1) is 0 Å². The molecular weight excluding hydrogens is 178 g/mol. The number of phenolic OH excluding ortho intramolecular Hbond substituents is 1. The summed E-state index contributed by atoms with van der Waals surface area (Å²) in [5.41, 5.74) is 7.95. The Morgan fingerprint density at radius 2 is 2.14 bits per heavy atom. The summed E-state index contributed by atoms with van der Waals surface area (Å²) in [6.45, 7) is 2.11. The van der Waals surface area contributed by atoms with Crippen molar-refractivity contribution in [3.8, 4) is 5.75 Å². The zero-order chi connectivity index (χ0) is 10.6. The summed E-state index contributed by atoms with van der Waals surface area (Å²) in [7, 11) is 0. The molecule has 1 aromatic rings. The molecule has 1 atom stereocenters. The molecule has 0 aliphatic carbocycles. The minimum atomic E-state index is -0.143. The van der Waals surface area contributed by atoms with Gasteiger partial charge in [0.25, 0.3) is 0 Å². The number of rotatable bonds is 4.